The number of nitrogens with two attached hydrogens (primary N) is 1. The minimum absolute atomic E-state index is 0.595. The molecule has 0 aliphatic carbocycles. The van der Waals surface area contributed by atoms with Crippen LogP contribution in [0, 0.1) is 0 Å². The number of benzene rings is 1. The minimum Gasteiger partial charge on any atom is -0.493 e. The molecule has 0 heterocycles. The Hall–Kier alpha value is -0.930. The zero-order chi connectivity index (χ0) is 13.4. The second kappa shape index (κ2) is 8.22. The maximum absolute atomic E-state index is 6.19. The Labute approximate surface area is 114 Å². The van der Waals surface area contributed by atoms with Crippen molar-refractivity contribution in [3.05, 3.63) is 22.7 Å². The molecular formula is C14H22ClNO2. The Bertz CT molecular complexity index is 369. The third kappa shape index (κ3) is 4.39. The monoisotopic (exact) mass is 271 g/mol. The van der Waals surface area contributed by atoms with E-state index in [1.165, 1.54) is 0 Å². The molecule has 0 aromatic heterocycles. The molecule has 1 rings (SSSR count). The zero-order valence-electron chi connectivity index (χ0n) is 11.2. The van der Waals surface area contributed by atoms with Crippen LogP contribution in [-0.2, 0) is 6.42 Å². The first-order chi connectivity index (χ1) is 8.72. The van der Waals surface area contributed by atoms with E-state index >= 15 is 0 Å². The van der Waals surface area contributed by atoms with Gasteiger partial charge in [-0.1, -0.05) is 11.6 Å². The molecule has 102 valence electrons. The van der Waals surface area contributed by atoms with Gasteiger partial charge in [0.25, 0.3) is 0 Å². The molecule has 0 radical (unpaired) electrons. The minimum atomic E-state index is 0.595. The predicted octanol–water partition coefficient (Wildman–Crippen LogP) is 3.42. The van der Waals surface area contributed by atoms with Gasteiger partial charge in [0.15, 0.2) is 0 Å². The molecule has 2 N–H and O–H groups in total. The van der Waals surface area contributed by atoms with E-state index in [4.69, 9.17) is 26.8 Å². The third-order valence-corrected chi connectivity index (χ3v) is 2.91. The van der Waals surface area contributed by atoms with Gasteiger partial charge in [-0.15, -0.1) is 0 Å². The molecule has 0 amide bonds. The smallest absolute Gasteiger partial charge is 0.141 e. The SMILES string of the molecule is CCOc1cc(OCC)c(CCCCN)cc1Cl. The van der Waals surface area contributed by atoms with Crippen LogP contribution in [-0.4, -0.2) is 19.8 Å². The largest absolute Gasteiger partial charge is 0.493 e. The Balaban J connectivity index is 2.88. The van der Waals surface area contributed by atoms with E-state index in [9.17, 15) is 0 Å². The van der Waals surface area contributed by atoms with Gasteiger partial charge in [0.2, 0.25) is 0 Å². The second-order valence-corrected chi connectivity index (χ2v) is 4.41. The molecule has 0 saturated heterocycles. The van der Waals surface area contributed by atoms with Crippen LogP contribution in [0.5, 0.6) is 11.5 Å². The molecule has 0 aliphatic heterocycles. The van der Waals surface area contributed by atoms with Gasteiger partial charge >= 0.3 is 0 Å². The van der Waals surface area contributed by atoms with Crippen molar-refractivity contribution >= 4 is 11.6 Å². The molecule has 0 atom stereocenters. The van der Waals surface area contributed by atoms with E-state index in [2.05, 4.69) is 0 Å². The maximum Gasteiger partial charge on any atom is 0.141 e. The number of aryl methyl sites for hydroxylation is 1. The van der Waals surface area contributed by atoms with E-state index in [1.807, 2.05) is 26.0 Å². The number of unbranched alkanes of at least 4 members (excludes halogenated alkanes) is 1. The van der Waals surface area contributed by atoms with Gasteiger partial charge in [-0.2, -0.15) is 0 Å². The second-order valence-electron chi connectivity index (χ2n) is 4.00. The summed E-state index contributed by atoms with van der Waals surface area (Å²) in [4.78, 5) is 0. The van der Waals surface area contributed by atoms with Crippen LogP contribution in [0.15, 0.2) is 12.1 Å². The first-order valence-electron chi connectivity index (χ1n) is 6.51. The van der Waals surface area contributed by atoms with Gasteiger partial charge in [-0.05, 0) is 51.3 Å². The van der Waals surface area contributed by atoms with Gasteiger partial charge in [-0.25, -0.2) is 0 Å². The van der Waals surface area contributed by atoms with E-state index in [0.29, 0.717) is 30.5 Å². The van der Waals surface area contributed by atoms with Crippen LogP contribution in [0.3, 0.4) is 0 Å². The summed E-state index contributed by atoms with van der Waals surface area (Å²) in [5.74, 6) is 1.55. The van der Waals surface area contributed by atoms with Crippen molar-refractivity contribution in [2.24, 2.45) is 5.73 Å². The van der Waals surface area contributed by atoms with Crippen molar-refractivity contribution < 1.29 is 9.47 Å². The van der Waals surface area contributed by atoms with E-state index < -0.39 is 0 Å². The lowest BCUT2D eigenvalue weighted by Crippen LogP contribution is -2.02. The molecule has 1 aromatic carbocycles. The summed E-state index contributed by atoms with van der Waals surface area (Å²) < 4.78 is 11.1. The van der Waals surface area contributed by atoms with E-state index in [0.717, 1.165) is 30.6 Å². The van der Waals surface area contributed by atoms with Crippen LogP contribution < -0.4 is 15.2 Å². The summed E-state index contributed by atoms with van der Waals surface area (Å²) in [6.07, 6.45) is 2.98. The van der Waals surface area contributed by atoms with E-state index in [-0.39, 0.29) is 0 Å². The first kappa shape index (κ1) is 15.1. The average Bonchev–Trinajstić information content (AvgIpc) is 2.35. The zero-order valence-corrected chi connectivity index (χ0v) is 11.9. The summed E-state index contributed by atoms with van der Waals surface area (Å²) in [6, 6.07) is 3.82. The van der Waals surface area contributed by atoms with Crippen molar-refractivity contribution in [2.75, 3.05) is 19.8 Å². The maximum atomic E-state index is 6.19. The highest BCUT2D eigenvalue weighted by Crippen LogP contribution is 2.33. The van der Waals surface area contributed by atoms with Crippen LogP contribution in [0.4, 0.5) is 0 Å². The van der Waals surface area contributed by atoms with Gasteiger partial charge in [0.05, 0.1) is 18.2 Å². The number of hydrogen-bond acceptors (Lipinski definition) is 3. The van der Waals surface area contributed by atoms with E-state index in [1.54, 1.807) is 0 Å². The first-order valence-corrected chi connectivity index (χ1v) is 6.88. The lowest BCUT2D eigenvalue weighted by Gasteiger charge is -2.14. The Kier molecular flexibility index (Phi) is 6.91. The fraction of sp³-hybridized carbons (Fsp3) is 0.571. The van der Waals surface area contributed by atoms with Gasteiger partial charge in [0.1, 0.15) is 11.5 Å². The normalized spacial score (nSPS) is 10.4. The summed E-state index contributed by atoms with van der Waals surface area (Å²) in [5.41, 5.74) is 6.63. The molecule has 0 bridgehead atoms. The number of rotatable bonds is 8. The Morgan fingerprint density at radius 1 is 1.06 bits per heavy atom. The molecule has 3 nitrogen and oxygen atoms in total. The van der Waals surface area contributed by atoms with Crippen molar-refractivity contribution in [1.82, 2.24) is 0 Å². The molecule has 0 aliphatic rings. The Morgan fingerprint density at radius 2 is 1.72 bits per heavy atom. The number of halogens is 1. The molecule has 0 saturated carbocycles. The Morgan fingerprint density at radius 3 is 2.33 bits per heavy atom. The topological polar surface area (TPSA) is 44.5 Å². The lowest BCUT2D eigenvalue weighted by molar-refractivity contribution is 0.320. The molecule has 18 heavy (non-hydrogen) atoms. The number of hydrogen-bond donors (Lipinski definition) is 1. The standard InChI is InChI=1S/C14H22ClNO2/c1-3-17-13-10-14(18-4-2)12(15)9-11(13)7-5-6-8-16/h9-10H,3-8,16H2,1-2H3. The average molecular weight is 272 g/mol. The van der Waals surface area contributed by atoms with Gasteiger partial charge in [0, 0.05) is 6.07 Å². The summed E-state index contributed by atoms with van der Waals surface area (Å²) in [7, 11) is 0. The highest BCUT2D eigenvalue weighted by atomic mass is 35.5. The fourth-order valence-electron chi connectivity index (χ4n) is 1.79. The summed E-state index contributed by atoms with van der Waals surface area (Å²) >= 11 is 6.19. The van der Waals surface area contributed by atoms with Crippen LogP contribution >= 0.6 is 11.6 Å². The summed E-state index contributed by atoms with van der Waals surface area (Å²) in [5, 5.41) is 0.642. The third-order valence-electron chi connectivity index (χ3n) is 2.61. The highest BCUT2D eigenvalue weighted by Gasteiger charge is 2.10. The van der Waals surface area contributed by atoms with Crippen molar-refractivity contribution in [3.8, 4) is 11.5 Å². The fourth-order valence-corrected chi connectivity index (χ4v) is 2.03. The van der Waals surface area contributed by atoms with Gasteiger partial charge in [-0.3, -0.25) is 0 Å². The van der Waals surface area contributed by atoms with Crippen molar-refractivity contribution in [3.63, 3.8) is 0 Å². The molecular weight excluding hydrogens is 250 g/mol. The van der Waals surface area contributed by atoms with Crippen LogP contribution in [0.2, 0.25) is 5.02 Å². The molecule has 0 spiro atoms. The van der Waals surface area contributed by atoms with Crippen LogP contribution in [0.25, 0.3) is 0 Å². The van der Waals surface area contributed by atoms with Gasteiger partial charge < -0.3 is 15.2 Å². The molecule has 1 aromatic rings. The quantitative estimate of drug-likeness (QED) is 0.737. The molecule has 0 unspecified atom stereocenters. The van der Waals surface area contributed by atoms with Crippen molar-refractivity contribution in [1.29, 1.82) is 0 Å². The molecule has 4 heteroatoms. The highest BCUT2D eigenvalue weighted by molar-refractivity contribution is 6.32. The lowest BCUT2D eigenvalue weighted by atomic mass is 10.1. The molecule has 0 fully saturated rings. The van der Waals surface area contributed by atoms with Crippen LogP contribution in [0.1, 0.15) is 32.3 Å². The summed E-state index contributed by atoms with van der Waals surface area (Å²) in [6.45, 7) is 5.86. The van der Waals surface area contributed by atoms with Crippen molar-refractivity contribution in [2.45, 2.75) is 33.1 Å². The number of ether oxygens (including phenoxy) is 2. The predicted molar refractivity (Wildman–Crippen MR) is 75.8 cm³/mol.